The summed E-state index contributed by atoms with van der Waals surface area (Å²) >= 11 is 0. The van der Waals surface area contributed by atoms with E-state index in [9.17, 15) is 4.79 Å². The SMILES string of the molecule is COc1ccc(C2CC(c3ccccc3)=NN2C(=O)COc2ccccc2)cc1. The van der Waals surface area contributed by atoms with Gasteiger partial charge < -0.3 is 9.47 Å². The molecule has 0 spiro atoms. The van der Waals surface area contributed by atoms with Crippen molar-refractivity contribution in [3.05, 3.63) is 96.1 Å². The van der Waals surface area contributed by atoms with Crippen molar-refractivity contribution in [2.24, 2.45) is 5.10 Å². The number of carbonyl (C=O) groups is 1. The van der Waals surface area contributed by atoms with Gasteiger partial charge in [-0.2, -0.15) is 5.10 Å². The molecule has 146 valence electrons. The fraction of sp³-hybridized carbons (Fsp3) is 0.167. The van der Waals surface area contributed by atoms with Crippen molar-refractivity contribution in [3.63, 3.8) is 0 Å². The Kier molecular flexibility index (Phi) is 5.56. The molecule has 1 heterocycles. The highest BCUT2D eigenvalue weighted by atomic mass is 16.5. The summed E-state index contributed by atoms with van der Waals surface area (Å²) in [6.07, 6.45) is 0.646. The standard InChI is InChI=1S/C24H22N2O3/c1-28-20-14-12-19(13-15-20)23-16-22(18-8-4-2-5-9-18)25-26(23)24(27)17-29-21-10-6-3-7-11-21/h2-15,23H,16-17H2,1H3. The minimum Gasteiger partial charge on any atom is -0.497 e. The third kappa shape index (κ3) is 4.29. The van der Waals surface area contributed by atoms with E-state index in [0.29, 0.717) is 12.2 Å². The van der Waals surface area contributed by atoms with E-state index in [-0.39, 0.29) is 18.6 Å². The van der Waals surface area contributed by atoms with Gasteiger partial charge in [-0.15, -0.1) is 0 Å². The molecular formula is C24H22N2O3. The molecule has 0 saturated carbocycles. The zero-order valence-electron chi connectivity index (χ0n) is 16.2. The second-order valence-corrected chi connectivity index (χ2v) is 6.75. The molecule has 1 unspecified atom stereocenters. The molecule has 0 N–H and O–H groups in total. The number of carbonyl (C=O) groups excluding carboxylic acids is 1. The third-order valence-corrected chi connectivity index (χ3v) is 4.88. The Bertz CT molecular complexity index is 986. The van der Waals surface area contributed by atoms with Crippen LogP contribution in [0.25, 0.3) is 0 Å². The average molecular weight is 386 g/mol. The van der Waals surface area contributed by atoms with Gasteiger partial charge in [-0.1, -0.05) is 60.7 Å². The summed E-state index contributed by atoms with van der Waals surface area (Å²) < 4.78 is 10.9. The van der Waals surface area contributed by atoms with Gasteiger partial charge in [0.25, 0.3) is 5.91 Å². The van der Waals surface area contributed by atoms with Gasteiger partial charge in [0, 0.05) is 6.42 Å². The first-order chi connectivity index (χ1) is 14.2. The maximum atomic E-state index is 13.0. The molecule has 1 atom stereocenters. The monoisotopic (exact) mass is 386 g/mol. The van der Waals surface area contributed by atoms with Crippen molar-refractivity contribution in [3.8, 4) is 11.5 Å². The van der Waals surface area contributed by atoms with E-state index < -0.39 is 0 Å². The molecule has 5 nitrogen and oxygen atoms in total. The fourth-order valence-corrected chi connectivity index (χ4v) is 3.36. The second-order valence-electron chi connectivity index (χ2n) is 6.75. The summed E-state index contributed by atoms with van der Waals surface area (Å²) in [7, 11) is 1.64. The first kappa shape index (κ1) is 18.7. The van der Waals surface area contributed by atoms with Crippen LogP contribution in [-0.4, -0.2) is 30.3 Å². The van der Waals surface area contributed by atoms with Crippen LogP contribution in [0.15, 0.2) is 90.0 Å². The van der Waals surface area contributed by atoms with E-state index >= 15 is 0 Å². The van der Waals surface area contributed by atoms with E-state index in [1.807, 2.05) is 84.9 Å². The molecule has 0 bridgehead atoms. The lowest BCUT2D eigenvalue weighted by atomic mass is 9.98. The molecule has 3 aromatic rings. The van der Waals surface area contributed by atoms with Crippen LogP contribution >= 0.6 is 0 Å². The van der Waals surface area contributed by atoms with Crippen molar-refractivity contribution in [1.29, 1.82) is 0 Å². The summed E-state index contributed by atoms with van der Waals surface area (Å²) in [5, 5.41) is 6.21. The molecule has 0 aliphatic carbocycles. The van der Waals surface area contributed by atoms with E-state index in [0.717, 1.165) is 22.6 Å². The second kappa shape index (κ2) is 8.61. The van der Waals surface area contributed by atoms with Gasteiger partial charge in [0.05, 0.1) is 18.9 Å². The quantitative estimate of drug-likeness (QED) is 0.629. The molecule has 0 saturated heterocycles. The van der Waals surface area contributed by atoms with Gasteiger partial charge in [0.1, 0.15) is 11.5 Å². The summed E-state index contributed by atoms with van der Waals surface area (Å²) in [5.41, 5.74) is 2.92. The maximum absolute atomic E-state index is 13.0. The Morgan fingerprint density at radius 1 is 0.931 bits per heavy atom. The van der Waals surface area contributed by atoms with Crippen LogP contribution in [0.2, 0.25) is 0 Å². The maximum Gasteiger partial charge on any atom is 0.281 e. The van der Waals surface area contributed by atoms with E-state index in [2.05, 4.69) is 5.10 Å². The Hall–Kier alpha value is -3.60. The molecule has 5 heteroatoms. The molecule has 1 aliphatic heterocycles. The van der Waals surface area contributed by atoms with Crippen LogP contribution in [-0.2, 0) is 4.79 Å². The lowest BCUT2D eigenvalue weighted by Gasteiger charge is -2.22. The first-order valence-corrected chi connectivity index (χ1v) is 9.51. The largest absolute Gasteiger partial charge is 0.497 e. The minimum absolute atomic E-state index is 0.0672. The summed E-state index contributed by atoms with van der Waals surface area (Å²) in [4.78, 5) is 13.0. The number of nitrogens with zero attached hydrogens (tertiary/aromatic N) is 2. The van der Waals surface area contributed by atoms with Gasteiger partial charge in [0.2, 0.25) is 0 Å². The van der Waals surface area contributed by atoms with Crippen LogP contribution < -0.4 is 9.47 Å². The van der Waals surface area contributed by atoms with Crippen molar-refractivity contribution in [2.45, 2.75) is 12.5 Å². The molecule has 3 aromatic carbocycles. The van der Waals surface area contributed by atoms with Gasteiger partial charge in [0.15, 0.2) is 6.61 Å². The van der Waals surface area contributed by atoms with Gasteiger partial charge in [-0.05, 0) is 35.4 Å². The number of benzene rings is 3. The summed E-state index contributed by atoms with van der Waals surface area (Å²) in [6, 6.07) is 26.8. The molecule has 1 amide bonds. The predicted molar refractivity (Wildman–Crippen MR) is 112 cm³/mol. The number of hydrogen-bond donors (Lipinski definition) is 0. The van der Waals surface area contributed by atoms with Gasteiger partial charge in [-0.25, -0.2) is 5.01 Å². The molecule has 4 rings (SSSR count). The van der Waals surface area contributed by atoms with E-state index in [1.165, 1.54) is 0 Å². The van der Waals surface area contributed by atoms with Crippen LogP contribution in [0.5, 0.6) is 11.5 Å². The topological polar surface area (TPSA) is 51.1 Å². The van der Waals surface area contributed by atoms with E-state index in [4.69, 9.17) is 9.47 Å². The first-order valence-electron chi connectivity index (χ1n) is 9.51. The molecule has 0 aromatic heterocycles. The zero-order valence-corrected chi connectivity index (χ0v) is 16.2. The number of hydrazone groups is 1. The summed E-state index contributed by atoms with van der Waals surface area (Å²) in [6.45, 7) is -0.0672. The van der Waals surface area contributed by atoms with Crippen LogP contribution in [0, 0.1) is 0 Å². The highest BCUT2D eigenvalue weighted by Gasteiger charge is 2.33. The number of amides is 1. The van der Waals surface area contributed by atoms with Crippen molar-refractivity contribution in [1.82, 2.24) is 5.01 Å². The molecular weight excluding hydrogens is 364 g/mol. The van der Waals surface area contributed by atoms with Crippen molar-refractivity contribution < 1.29 is 14.3 Å². The number of para-hydroxylation sites is 1. The number of rotatable bonds is 6. The van der Waals surface area contributed by atoms with Crippen LogP contribution in [0.3, 0.4) is 0 Å². The third-order valence-electron chi connectivity index (χ3n) is 4.88. The highest BCUT2D eigenvalue weighted by Crippen LogP contribution is 2.33. The Morgan fingerprint density at radius 3 is 2.24 bits per heavy atom. The number of methoxy groups -OCH3 is 1. The normalized spacial score (nSPS) is 15.7. The molecule has 0 fully saturated rings. The zero-order chi connectivity index (χ0) is 20.1. The average Bonchev–Trinajstić information content (AvgIpc) is 3.24. The van der Waals surface area contributed by atoms with Crippen molar-refractivity contribution >= 4 is 11.6 Å². The smallest absolute Gasteiger partial charge is 0.281 e. The number of hydrogen-bond acceptors (Lipinski definition) is 4. The van der Waals surface area contributed by atoms with Crippen LogP contribution in [0.4, 0.5) is 0 Å². The van der Waals surface area contributed by atoms with Crippen molar-refractivity contribution in [2.75, 3.05) is 13.7 Å². The molecule has 0 radical (unpaired) electrons. The molecule has 1 aliphatic rings. The van der Waals surface area contributed by atoms with Gasteiger partial charge in [-0.3, -0.25) is 4.79 Å². The number of ether oxygens (including phenoxy) is 2. The fourth-order valence-electron chi connectivity index (χ4n) is 3.36. The Balaban J connectivity index is 1.57. The summed E-state index contributed by atoms with van der Waals surface area (Å²) in [5.74, 6) is 1.26. The highest BCUT2D eigenvalue weighted by molar-refractivity contribution is 6.03. The predicted octanol–water partition coefficient (Wildman–Crippen LogP) is 4.45. The van der Waals surface area contributed by atoms with Gasteiger partial charge >= 0.3 is 0 Å². The molecule has 29 heavy (non-hydrogen) atoms. The Morgan fingerprint density at radius 2 is 1.59 bits per heavy atom. The lowest BCUT2D eigenvalue weighted by Crippen LogP contribution is -2.31. The van der Waals surface area contributed by atoms with E-state index in [1.54, 1.807) is 12.1 Å². The Labute approximate surface area is 170 Å². The van der Waals surface area contributed by atoms with Crippen LogP contribution in [0.1, 0.15) is 23.6 Å². The lowest BCUT2D eigenvalue weighted by molar-refractivity contribution is -0.135. The minimum atomic E-state index is -0.180.